The van der Waals surface area contributed by atoms with Gasteiger partial charge in [0, 0.05) is 65.0 Å². The minimum absolute atomic E-state index is 0.110. The van der Waals surface area contributed by atoms with Gasteiger partial charge in [-0.15, -0.1) is 0 Å². The van der Waals surface area contributed by atoms with E-state index in [0.717, 1.165) is 53.7 Å². The lowest BCUT2D eigenvalue weighted by Gasteiger charge is -2.31. The smallest absolute Gasteiger partial charge is 0.295 e. The van der Waals surface area contributed by atoms with Crippen molar-refractivity contribution < 1.29 is 17.4 Å². The first kappa shape index (κ1) is 25.3. The highest BCUT2D eigenvalue weighted by atomic mass is 32.2. The van der Waals surface area contributed by atoms with E-state index >= 15 is 0 Å². The summed E-state index contributed by atoms with van der Waals surface area (Å²) in [5.41, 5.74) is 7.99. The first-order chi connectivity index (χ1) is 20.5. The van der Waals surface area contributed by atoms with Gasteiger partial charge in [0.05, 0.1) is 12.1 Å². The molecule has 0 spiro atoms. The van der Waals surface area contributed by atoms with E-state index in [1.54, 1.807) is 18.2 Å². The number of hydrogen-bond donors (Lipinski definition) is 1. The molecule has 0 fully saturated rings. The zero-order valence-electron chi connectivity index (χ0n) is 22.9. The molecule has 5 aliphatic rings. The molecule has 208 valence electrons. The van der Waals surface area contributed by atoms with Crippen LogP contribution in [-0.2, 0) is 29.4 Å². The number of nitrogens with zero attached hydrogens (tertiary/aromatic N) is 2. The molecule has 0 amide bonds. The van der Waals surface area contributed by atoms with Crippen molar-refractivity contribution in [3.05, 3.63) is 125 Å². The van der Waals surface area contributed by atoms with Gasteiger partial charge in [-0.25, -0.2) is 0 Å². The standard InChI is InChI=1S/C35H28N2O4S/c38-42(39,40)34-12-6-3-9-29(34)35-27-15-13-25(36-19-17-23-7-1-4-10-30(23)36)21-32(27)41-33-22-26(14-16-28(33)35)37-20-18-24-8-2-5-11-31(24)37/h1-16,21,26H,17-20,22H2/p+1. The maximum Gasteiger partial charge on any atom is 0.295 e. The molecular formula is C35H29N2O4S+. The average Bonchev–Trinajstić information content (AvgIpc) is 3.64. The van der Waals surface area contributed by atoms with Gasteiger partial charge in [0.25, 0.3) is 10.1 Å². The van der Waals surface area contributed by atoms with Crippen molar-refractivity contribution in [1.29, 1.82) is 0 Å². The molecule has 1 unspecified atom stereocenters. The second kappa shape index (κ2) is 9.54. The van der Waals surface area contributed by atoms with Crippen LogP contribution in [0.1, 0.15) is 22.5 Å². The van der Waals surface area contributed by atoms with Crippen LogP contribution in [0, 0.1) is 0 Å². The fourth-order valence-corrected chi connectivity index (χ4v) is 7.65. The van der Waals surface area contributed by atoms with Gasteiger partial charge in [-0.3, -0.25) is 4.55 Å². The highest BCUT2D eigenvalue weighted by Gasteiger charge is 2.32. The van der Waals surface area contributed by atoms with Gasteiger partial charge >= 0.3 is 0 Å². The summed E-state index contributed by atoms with van der Waals surface area (Å²) in [4.78, 5) is 2.32. The van der Waals surface area contributed by atoms with Crippen molar-refractivity contribution in [3.63, 3.8) is 0 Å². The largest absolute Gasteiger partial charge is 0.460 e. The van der Waals surface area contributed by atoms with E-state index in [4.69, 9.17) is 4.42 Å². The summed E-state index contributed by atoms with van der Waals surface area (Å²) in [6.07, 6.45) is 6.89. The zero-order valence-corrected chi connectivity index (χ0v) is 23.7. The minimum Gasteiger partial charge on any atom is -0.460 e. The molecule has 0 bridgehead atoms. The molecule has 1 atom stereocenters. The molecule has 3 aromatic rings. The molecule has 7 heteroatoms. The van der Waals surface area contributed by atoms with Gasteiger partial charge in [-0.2, -0.15) is 13.0 Å². The molecule has 0 aromatic heterocycles. The third-order valence-corrected chi connectivity index (χ3v) is 9.79. The molecule has 0 saturated heterocycles. The maximum atomic E-state index is 12.5. The molecule has 6 nitrogen and oxygen atoms in total. The Morgan fingerprint density at radius 3 is 2.52 bits per heavy atom. The summed E-state index contributed by atoms with van der Waals surface area (Å²) in [5.74, 6) is 1.49. The van der Waals surface area contributed by atoms with E-state index in [1.165, 1.54) is 28.6 Å². The highest BCUT2D eigenvalue weighted by Crippen LogP contribution is 2.44. The average molecular weight is 574 g/mol. The summed E-state index contributed by atoms with van der Waals surface area (Å²) < 4.78 is 44.2. The summed E-state index contributed by atoms with van der Waals surface area (Å²) in [6, 6.07) is 29.9. The van der Waals surface area contributed by atoms with Crippen LogP contribution < -0.4 is 14.8 Å². The van der Waals surface area contributed by atoms with Crippen molar-refractivity contribution in [1.82, 2.24) is 4.58 Å². The second-order valence-electron chi connectivity index (χ2n) is 11.2. The molecule has 3 aromatic carbocycles. The van der Waals surface area contributed by atoms with Gasteiger partial charge in [0.15, 0.2) is 6.54 Å². The fraction of sp³-hybridized carbons (Fsp3) is 0.171. The Kier molecular flexibility index (Phi) is 5.74. The lowest BCUT2D eigenvalue weighted by molar-refractivity contribution is 0.481. The van der Waals surface area contributed by atoms with Crippen molar-refractivity contribution in [2.24, 2.45) is 0 Å². The monoisotopic (exact) mass is 573 g/mol. The Balaban J connectivity index is 1.35. The molecular weight excluding hydrogens is 544 g/mol. The van der Waals surface area contributed by atoms with E-state index in [1.807, 2.05) is 6.07 Å². The van der Waals surface area contributed by atoms with Gasteiger partial charge in [0.1, 0.15) is 16.4 Å². The summed E-state index contributed by atoms with van der Waals surface area (Å²) in [5, 5.41) is 1.03. The quantitative estimate of drug-likeness (QED) is 0.213. The van der Waals surface area contributed by atoms with E-state index < -0.39 is 10.1 Å². The third-order valence-electron chi connectivity index (χ3n) is 8.87. The summed E-state index contributed by atoms with van der Waals surface area (Å²) >= 11 is 0. The molecule has 0 saturated carbocycles. The highest BCUT2D eigenvalue weighted by molar-refractivity contribution is 7.86. The van der Waals surface area contributed by atoms with Crippen molar-refractivity contribution >= 4 is 27.6 Å². The Morgan fingerprint density at radius 1 is 0.857 bits per heavy atom. The van der Waals surface area contributed by atoms with Gasteiger partial charge in [-0.1, -0.05) is 66.7 Å². The number of fused-ring (bicyclic) bond motifs is 4. The Labute approximate surface area is 244 Å². The molecule has 42 heavy (non-hydrogen) atoms. The van der Waals surface area contributed by atoms with Crippen LogP contribution in [0.25, 0.3) is 28.5 Å². The maximum absolute atomic E-state index is 12.5. The number of rotatable bonds is 3. The molecule has 1 N–H and O–H groups in total. The van der Waals surface area contributed by atoms with Crippen LogP contribution in [0.5, 0.6) is 0 Å². The van der Waals surface area contributed by atoms with Gasteiger partial charge in [-0.05, 0) is 30.2 Å². The van der Waals surface area contributed by atoms with Crippen LogP contribution in [0.3, 0.4) is 0 Å². The Morgan fingerprint density at radius 2 is 1.64 bits per heavy atom. The topological polar surface area (TPSA) is 73.8 Å². The number of hydrogen-bond acceptors (Lipinski definition) is 4. The number of para-hydroxylation sites is 2. The van der Waals surface area contributed by atoms with E-state index in [0.29, 0.717) is 17.7 Å². The summed E-state index contributed by atoms with van der Waals surface area (Å²) in [6.45, 7) is 1.82. The van der Waals surface area contributed by atoms with Crippen molar-refractivity contribution in [2.75, 3.05) is 18.0 Å². The predicted molar refractivity (Wildman–Crippen MR) is 165 cm³/mol. The van der Waals surface area contributed by atoms with Crippen LogP contribution in [-0.4, -0.2) is 32.1 Å². The third kappa shape index (κ3) is 4.03. The number of benzene rings is 4. The van der Waals surface area contributed by atoms with E-state index in [2.05, 4.69) is 82.3 Å². The Hall–Kier alpha value is -4.46. The molecule has 3 heterocycles. The van der Waals surface area contributed by atoms with Crippen LogP contribution in [0.15, 0.2) is 106 Å². The predicted octanol–water partition coefficient (Wildman–Crippen LogP) is 5.96. The van der Waals surface area contributed by atoms with Gasteiger partial charge < -0.3 is 9.32 Å². The van der Waals surface area contributed by atoms with Crippen LogP contribution in [0.2, 0.25) is 0 Å². The molecule has 0 radical (unpaired) electrons. The van der Waals surface area contributed by atoms with E-state index in [9.17, 15) is 13.0 Å². The van der Waals surface area contributed by atoms with Gasteiger partial charge in [0.2, 0.25) is 11.0 Å². The lowest BCUT2D eigenvalue weighted by Crippen LogP contribution is -2.35. The Bertz CT molecular complexity index is 2080. The molecule has 8 rings (SSSR count). The minimum atomic E-state index is -4.46. The normalized spacial score (nSPS) is 18.7. The van der Waals surface area contributed by atoms with E-state index in [-0.39, 0.29) is 10.9 Å². The van der Waals surface area contributed by atoms with Crippen molar-refractivity contribution in [2.45, 2.75) is 30.2 Å². The van der Waals surface area contributed by atoms with Crippen LogP contribution in [0.4, 0.5) is 11.4 Å². The SMILES string of the molecule is O=S(=O)(O)c1ccccc1-c1c2ccc(=[N+]3CCc4ccccc43)cc-2oc2c1C=CC(N1CCc3ccccc31)C2. The first-order valence-corrected chi connectivity index (χ1v) is 15.8. The summed E-state index contributed by atoms with van der Waals surface area (Å²) in [7, 11) is -4.46. The number of anilines is 1. The lowest BCUT2D eigenvalue weighted by atomic mass is 9.87. The van der Waals surface area contributed by atoms with Crippen molar-refractivity contribution in [3.8, 4) is 22.5 Å². The first-order valence-electron chi connectivity index (χ1n) is 14.3. The second-order valence-corrected chi connectivity index (χ2v) is 12.6. The fourth-order valence-electron chi connectivity index (χ4n) is 6.95. The molecule has 2 aliphatic carbocycles. The zero-order chi connectivity index (χ0) is 28.4. The molecule has 3 aliphatic heterocycles. The van der Waals surface area contributed by atoms with Crippen LogP contribution >= 0.6 is 0 Å².